The van der Waals surface area contributed by atoms with Crippen LogP contribution in [0, 0.1) is 0 Å². The van der Waals surface area contributed by atoms with Gasteiger partial charge in [0, 0.05) is 23.7 Å². The van der Waals surface area contributed by atoms with Crippen molar-refractivity contribution in [3.8, 4) is 0 Å². The van der Waals surface area contributed by atoms with Crippen LogP contribution in [0.25, 0.3) is 0 Å². The lowest BCUT2D eigenvalue weighted by Gasteiger charge is -2.04. The third-order valence-electron chi connectivity index (χ3n) is 2.93. The monoisotopic (exact) mass is 356 g/mol. The van der Waals surface area contributed by atoms with Gasteiger partial charge in [-0.1, -0.05) is 30.0 Å². The lowest BCUT2D eigenvalue weighted by atomic mass is 10.1. The van der Waals surface area contributed by atoms with E-state index < -0.39 is 9.84 Å². The molecule has 0 amide bonds. The smallest absolute Gasteiger partial charge is 0.193 e. The summed E-state index contributed by atoms with van der Waals surface area (Å²) in [4.78, 5) is 15.9. The van der Waals surface area contributed by atoms with Crippen LogP contribution < -0.4 is 5.73 Å². The Morgan fingerprint density at radius 3 is 2.73 bits per heavy atom. The molecule has 5 nitrogen and oxygen atoms in total. The van der Waals surface area contributed by atoms with Crippen molar-refractivity contribution in [2.24, 2.45) is 0 Å². The number of rotatable bonds is 7. The second kappa shape index (κ2) is 7.26. The number of benzene rings is 1. The van der Waals surface area contributed by atoms with Crippen LogP contribution in [0.1, 0.15) is 12.0 Å². The van der Waals surface area contributed by atoms with Gasteiger partial charge in [-0.2, -0.15) is 0 Å². The number of thiazole rings is 1. The van der Waals surface area contributed by atoms with Crippen molar-refractivity contribution in [1.82, 2.24) is 4.98 Å². The largest absolute Gasteiger partial charge is 0.399 e. The summed E-state index contributed by atoms with van der Waals surface area (Å²) >= 11 is 2.50. The number of hydrogen-bond acceptors (Lipinski definition) is 7. The van der Waals surface area contributed by atoms with Gasteiger partial charge in [-0.05, 0) is 18.1 Å². The maximum absolute atomic E-state index is 11.9. The summed E-state index contributed by atoms with van der Waals surface area (Å²) in [7, 11) is -3.28. The minimum atomic E-state index is -3.28. The van der Waals surface area contributed by atoms with Gasteiger partial charge in [0.1, 0.15) is 5.78 Å². The first-order valence-electron chi connectivity index (χ1n) is 6.50. The van der Waals surface area contributed by atoms with Gasteiger partial charge in [-0.3, -0.25) is 4.79 Å². The summed E-state index contributed by atoms with van der Waals surface area (Å²) in [5.41, 5.74) is 7.50. The van der Waals surface area contributed by atoms with Gasteiger partial charge in [0.15, 0.2) is 19.2 Å². The molecule has 1 heterocycles. The highest BCUT2D eigenvalue weighted by Crippen LogP contribution is 2.25. The van der Waals surface area contributed by atoms with Gasteiger partial charge in [0.2, 0.25) is 0 Å². The number of Topliss-reactive ketones (excluding diaryl/α,β-unsaturated/α-hetero) is 1. The van der Waals surface area contributed by atoms with Crippen LogP contribution in [-0.2, 0) is 21.1 Å². The number of hydrogen-bond donors (Lipinski definition) is 1. The molecule has 0 radical (unpaired) electrons. The number of sulfone groups is 1. The highest BCUT2D eigenvalue weighted by Gasteiger charge is 2.13. The van der Waals surface area contributed by atoms with E-state index in [0.29, 0.717) is 22.9 Å². The van der Waals surface area contributed by atoms with Crippen LogP contribution in [0.5, 0.6) is 0 Å². The summed E-state index contributed by atoms with van der Waals surface area (Å²) < 4.78 is 23.3. The number of carbonyl (C=O) groups excluding carboxylic acids is 1. The van der Waals surface area contributed by atoms with Gasteiger partial charge >= 0.3 is 0 Å². The Bertz CT molecular complexity index is 769. The number of para-hydroxylation sites is 1. The minimum Gasteiger partial charge on any atom is -0.399 e. The number of nitrogen functional groups attached to an aromatic ring is 1. The first-order valence-corrected chi connectivity index (χ1v) is 10.3. The molecule has 1 aromatic carbocycles. The van der Waals surface area contributed by atoms with Crippen molar-refractivity contribution in [3.63, 3.8) is 0 Å². The average Bonchev–Trinajstić information content (AvgIpc) is 2.93. The molecule has 0 atom stereocenters. The van der Waals surface area contributed by atoms with E-state index in [4.69, 9.17) is 5.73 Å². The third-order valence-corrected chi connectivity index (χ3v) is 6.13. The van der Waals surface area contributed by atoms with Crippen molar-refractivity contribution >= 4 is 44.4 Å². The number of thioether (sulfide) groups is 1. The fourth-order valence-electron chi connectivity index (χ4n) is 1.73. The highest BCUT2D eigenvalue weighted by atomic mass is 32.2. The number of nitrogens with two attached hydrogens (primary N) is 1. The quantitative estimate of drug-likeness (QED) is 0.605. The molecule has 8 heteroatoms. The van der Waals surface area contributed by atoms with Crippen LogP contribution in [0.15, 0.2) is 39.0 Å². The Hall–Kier alpha value is -1.38. The summed E-state index contributed by atoms with van der Waals surface area (Å²) in [6, 6.07) is 7.48. The maximum Gasteiger partial charge on any atom is 0.193 e. The van der Waals surface area contributed by atoms with Crippen molar-refractivity contribution < 1.29 is 13.2 Å². The fourth-order valence-corrected chi connectivity index (χ4v) is 4.54. The molecule has 0 bridgehead atoms. The van der Waals surface area contributed by atoms with E-state index in [0.717, 1.165) is 11.8 Å². The molecule has 22 heavy (non-hydrogen) atoms. The van der Waals surface area contributed by atoms with Gasteiger partial charge in [0.05, 0.1) is 5.75 Å². The molecule has 2 aromatic rings. The molecule has 0 unspecified atom stereocenters. The Morgan fingerprint density at radius 2 is 2.09 bits per heavy atom. The number of ketones is 1. The highest BCUT2D eigenvalue weighted by molar-refractivity contribution is 8.01. The fraction of sp³-hybridized carbons (Fsp3) is 0.286. The first-order chi connectivity index (χ1) is 10.4. The molecule has 0 spiro atoms. The van der Waals surface area contributed by atoms with Gasteiger partial charge < -0.3 is 5.73 Å². The zero-order chi connectivity index (χ0) is 16.2. The number of aryl methyl sites for hydroxylation is 1. The molecular weight excluding hydrogens is 340 g/mol. The molecule has 2 N–H and O–H groups in total. The first kappa shape index (κ1) is 17.0. The molecule has 0 aliphatic carbocycles. The molecule has 0 aliphatic heterocycles. The SMILES string of the molecule is CS(=O)(=O)c1csc(SCC(=O)CCc2ccccc2N)n1. The number of nitrogens with zero attached hydrogens (tertiary/aromatic N) is 1. The summed E-state index contributed by atoms with van der Waals surface area (Å²) in [5, 5.41) is 1.55. The number of aromatic nitrogens is 1. The summed E-state index contributed by atoms with van der Waals surface area (Å²) in [6.07, 6.45) is 2.13. The van der Waals surface area contributed by atoms with E-state index in [2.05, 4.69) is 4.98 Å². The van der Waals surface area contributed by atoms with Crippen LogP contribution >= 0.6 is 23.1 Å². The number of carbonyl (C=O) groups is 1. The molecule has 0 aliphatic rings. The van der Waals surface area contributed by atoms with Gasteiger partial charge in [0.25, 0.3) is 0 Å². The van der Waals surface area contributed by atoms with Crippen LogP contribution in [0.2, 0.25) is 0 Å². The Balaban J connectivity index is 1.83. The predicted octanol–water partition coefficient (Wildman–Crippen LogP) is 2.42. The van der Waals surface area contributed by atoms with E-state index in [1.165, 1.54) is 28.5 Å². The van der Waals surface area contributed by atoms with E-state index >= 15 is 0 Å². The van der Waals surface area contributed by atoms with Crippen LogP contribution in [-0.4, -0.2) is 31.2 Å². The van der Waals surface area contributed by atoms with Gasteiger partial charge in [-0.25, -0.2) is 13.4 Å². The van der Waals surface area contributed by atoms with Gasteiger partial charge in [-0.15, -0.1) is 11.3 Å². The van der Waals surface area contributed by atoms with E-state index in [1.54, 1.807) is 0 Å². The average molecular weight is 356 g/mol. The molecular formula is C14H16N2O3S3. The lowest BCUT2D eigenvalue weighted by Crippen LogP contribution is -2.04. The van der Waals surface area contributed by atoms with E-state index in [-0.39, 0.29) is 16.6 Å². The maximum atomic E-state index is 11.9. The minimum absolute atomic E-state index is 0.0597. The summed E-state index contributed by atoms with van der Waals surface area (Å²) in [6.45, 7) is 0. The van der Waals surface area contributed by atoms with Crippen LogP contribution in [0.4, 0.5) is 5.69 Å². The number of anilines is 1. The van der Waals surface area contributed by atoms with Crippen molar-refractivity contribution in [2.45, 2.75) is 22.2 Å². The van der Waals surface area contributed by atoms with Crippen molar-refractivity contribution in [1.29, 1.82) is 0 Å². The van der Waals surface area contributed by atoms with E-state index in [1.807, 2.05) is 24.3 Å². The Labute approximate surface area is 137 Å². The standard InChI is InChI=1S/C14H16N2O3S3/c1-22(18,19)13-9-21-14(16-13)20-8-11(17)7-6-10-4-2-3-5-12(10)15/h2-5,9H,6-8,15H2,1H3. The molecule has 1 aromatic heterocycles. The lowest BCUT2D eigenvalue weighted by molar-refractivity contribution is -0.116. The Kier molecular flexibility index (Phi) is 5.60. The normalized spacial score (nSPS) is 11.5. The zero-order valence-electron chi connectivity index (χ0n) is 12.0. The third kappa shape index (κ3) is 4.82. The zero-order valence-corrected chi connectivity index (χ0v) is 14.4. The second-order valence-electron chi connectivity index (χ2n) is 4.75. The Morgan fingerprint density at radius 1 is 1.36 bits per heavy atom. The van der Waals surface area contributed by atoms with Crippen LogP contribution in [0.3, 0.4) is 0 Å². The predicted molar refractivity (Wildman–Crippen MR) is 90.1 cm³/mol. The van der Waals surface area contributed by atoms with E-state index in [9.17, 15) is 13.2 Å². The second-order valence-corrected chi connectivity index (χ2v) is 8.79. The topological polar surface area (TPSA) is 90.1 Å². The van der Waals surface area contributed by atoms with Crippen molar-refractivity contribution in [2.75, 3.05) is 17.7 Å². The summed E-state index contributed by atoms with van der Waals surface area (Å²) in [5.74, 6) is 0.369. The molecule has 2 rings (SSSR count). The molecule has 0 saturated heterocycles. The van der Waals surface area contributed by atoms with Crippen molar-refractivity contribution in [3.05, 3.63) is 35.2 Å². The molecule has 0 saturated carbocycles. The molecule has 118 valence electrons. The molecule has 0 fully saturated rings.